The van der Waals surface area contributed by atoms with Crippen molar-refractivity contribution in [3.63, 3.8) is 0 Å². The Morgan fingerprint density at radius 3 is 1.90 bits per heavy atom. The first kappa shape index (κ1) is 20.5. The minimum Gasteiger partial charge on any atom is -0.384 e. The Bertz CT molecular complexity index is 891. The molecule has 0 saturated heterocycles. The van der Waals surface area contributed by atoms with E-state index in [0.717, 1.165) is 26.2 Å². The second kappa shape index (κ2) is 9.36. The topological polar surface area (TPSA) is 36.1 Å². The SMILES string of the molecule is Cc1ccc2c(c1)CCN2.Cc1ccc2c(c1)CNC2.Cc1ccc2c(c1)NCC2. The highest BCUT2D eigenvalue weighted by Gasteiger charge is 2.09. The fourth-order valence-corrected chi connectivity index (χ4v) is 4.26. The highest BCUT2D eigenvalue weighted by molar-refractivity contribution is 5.57. The number of anilines is 2. The van der Waals surface area contributed by atoms with Crippen LogP contribution in [0.1, 0.15) is 38.9 Å². The average molecular weight is 400 g/mol. The van der Waals surface area contributed by atoms with Gasteiger partial charge in [-0.15, -0.1) is 0 Å². The fraction of sp³-hybridized carbons (Fsp3) is 0.333. The van der Waals surface area contributed by atoms with Gasteiger partial charge in [0.2, 0.25) is 0 Å². The molecule has 3 heterocycles. The van der Waals surface area contributed by atoms with Gasteiger partial charge in [-0.2, -0.15) is 0 Å². The van der Waals surface area contributed by atoms with Crippen LogP contribution in [0.2, 0.25) is 0 Å². The first-order chi connectivity index (χ1) is 14.6. The number of rotatable bonds is 0. The minimum atomic E-state index is 1.05. The Balaban J connectivity index is 0.000000109. The van der Waals surface area contributed by atoms with E-state index in [1.807, 2.05) is 0 Å². The molecule has 0 bridgehead atoms. The molecular formula is C27H33N3. The van der Waals surface area contributed by atoms with E-state index >= 15 is 0 Å². The van der Waals surface area contributed by atoms with Crippen molar-refractivity contribution in [1.29, 1.82) is 0 Å². The van der Waals surface area contributed by atoms with Crippen LogP contribution in [0.25, 0.3) is 0 Å². The van der Waals surface area contributed by atoms with E-state index in [1.54, 1.807) is 0 Å². The van der Waals surface area contributed by atoms with E-state index in [0.29, 0.717) is 0 Å². The highest BCUT2D eigenvalue weighted by atomic mass is 14.9. The predicted molar refractivity (Wildman–Crippen MR) is 128 cm³/mol. The molecular weight excluding hydrogens is 366 g/mol. The molecule has 3 aliphatic rings. The standard InChI is InChI=1S/3C9H11N/c1-7-2-3-8-5-10-6-9(8)4-7;1-7-2-3-9-8(6-7)4-5-10-9;1-7-2-3-8-4-5-10-9(8)6-7/h2-4,10H,5-6H2,1H3;2*2-3,6,10H,4-5H2,1H3. The van der Waals surface area contributed by atoms with Gasteiger partial charge in [-0.25, -0.2) is 0 Å². The van der Waals surface area contributed by atoms with Crippen molar-refractivity contribution in [1.82, 2.24) is 5.32 Å². The number of nitrogens with one attached hydrogen (secondary N) is 3. The van der Waals surface area contributed by atoms with E-state index in [9.17, 15) is 0 Å². The van der Waals surface area contributed by atoms with Gasteiger partial charge >= 0.3 is 0 Å². The smallest absolute Gasteiger partial charge is 0.0376 e. The van der Waals surface area contributed by atoms with Gasteiger partial charge in [-0.1, -0.05) is 53.6 Å². The van der Waals surface area contributed by atoms with E-state index < -0.39 is 0 Å². The van der Waals surface area contributed by atoms with Crippen LogP contribution in [0.3, 0.4) is 0 Å². The first-order valence-corrected chi connectivity index (χ1v) is 11.0. The summed E-state index contributed by atoms with van der Waals surface area (Å²) in [5.41, 5.74) is 12.6. The van der Waals surface area contributed by atoms with Crippen LogP contribution in [0, 0.1) is 20.8 Å². The van der Waals surface area contributed by atoms with Crippen LogP contribution >= 0.6 is 0 Å². The van der Waals surface area contributed by atoms with Crippen LogP contribution in [-0.2, 0) is 25.9 Å². The van der Waals surface area contributed by atoms with Crippen molar-refractivity contribution < 1.29 is 0 Å². The molecule has 3 aromatic carbocycles. The third kappa shape index (κ3) is 5.03. The highest BCUT2D eigenvalue weighted by Crippen LogP contribution is 2.23. The fourth-order valence-electron chi connectivity index (χ4n) is 4.26. The molecule has 3 heteroatoms. The molecule has 30 heavy (non-hydrogen) atoms. The zero-order valence-corrected chi connectivity index (χ0v) is 18.4. The Morgan fingerprint density at radius 1 is 0.533 bits per heavy atom. The first-order valence-electron chi connectivity index (χ1n) is 11.0. The number of hydrogen-bond donors (Lipinski definition) is 3. The summed E-state index contributed by atoms with van der Waals surface area (Å²) in [5, 5.41) is 9.98. The zero-order chi connectivity index (χ0) is 20.9. The molecule has 0 radical (unpaired) electrons. The lowest BCUT2D eigenvalue weighted by molar-refractivity contribution is 0.765. The average Bonchev–Trinajstić information content (AvgIpc) is 3.48. The summed E-state index contributed by atoms with van der Waals surface area (Å²) in [6.45, 7) is 10.7. The van der Waals surface area contributed by atoms with Crippen LogP contribution < -0.4 is 16.0 Å². The van der Waals surface area contributed by atoms with Crippen LogP contribution in [0.5, 0.6) is 0 Å². The Hall–Kier alpha value is -2.78. The van der Waals surface area contributed by atoms with Gasteiger partial charge in [0.05, 0.1) is 0 Å². The third-order valence-electron chi connectivity index (χ3n) is 5.94. The van der Waals surface area contributed by atoms with Crippen molar-refractivity contribution >= 4 is 11.4 Å². The maximum atomic E-state index is 3.34. The van der Waals surface area contributed by atoms with E-state index in [2.05, 4.69) is 91.3 Å². The van der Waals surface area contributed by atoms with Gasteiger partial charge in [0.15, 0.2) is 0 Å². The molecule has 3 nitrogen and oxygen atoms in total. The molecule has 0 aromatic heterocycles. The normalized spacial score (nSPS) is 14.8. The predicted octanol–water partition coefficient (Wildman–Crippen LogP) is 5.52. The molecule has 3 aliphatic heterocycles. The number of fused-ring (bicyclic) bond motifs is 3. The van der Waals surface area contributed by atoms with Gasteiger partial charge in [-0.3, -0.25) is 0 Å². The minimum absolute atomic E-state index is 1.05. The van der Waals surface area contributed by atoms with Crippen molar-refractivity contribution in [2.24, 2.45) is 0 Å². The summed E-state index contributed by atoms with van der Waals surface area (Å²) in [6.07, 6.45) is 2.38. The van der Waals surface area contributed by atoms with Gasteiger partial charge < -0.3 is 16.0 Å². The lowest BCUT2D eigenvalue weighted by atomic mass is 10.1. The van der Waals surface area contributed by atoms with Crippen LogP contribution in [0.15, 0.2) is 54.6 Å². The van der Waals surface area contributed by atoms with E-state index in [-0.39, 0.29) is 0 Å². The molecule has 0 spiro atoms. The molecule has 0 fully saturated rings. The summed E-state index contributed by atoms with van der Waals surface area (Å²) in [6, 6.07) is 19.8. The summed E-state index contributed by atoms with van der Waals surface area (Å²) in [5.74, 6) is 0. The van der Waals surface area contributed by atoms with Gasteiger partial charge in [0, 0.05) is 37.6 Å². The molecule has 0 unspecified atom stereocenters. The molecule has 6 rings (SSSR count). The second-order valence-corrected chi connectivity index (χ2v) is 8.55. The summed E-state index contributed by atoms with van der Waals surface area (Å²) < 4.78 is 0. The molecule has 3 N–H and O–H groups in total. The van der Waals surface area contributed by atoms with Gasteiger partial charge in [-0.05, 0) is 73.6 Å². The van der Waals surface area contributed by atoms with Crippen molar-refractivity contribution in [3.05, 3.63) is 93.5 Å². The third-order valence-corrected chi connectivity index (χ3v) is 5.94. The molecule has 0 aliphatic carbocycles. The van der Waals surface area contributed by atoms with Crippen molar-refractivity contribution in [3.8, 4) is 0 Å². The van der Waals surface area contributed by atoms with Crippen LogP contribution in [-0.4, -0.2) is 13.1 Å². The quantitative estimate of drug-likeness (QED) is 0.465. The lowest BCUT2D eigenvalue weighted by Crippen LogP contribution is -1.99. The maximum Gasteiger partial charge on any atom is 0.0376 e. The zero-order valence-electron chi connectivity index (χ0n) is 18.4. The number of benzene rings is 3. The number of aryl methyl sites for hydroxylation is 3. The maximum absolute atomic E-state index is 3.34. The molecule has 0 saturated carbocycles. The Morgan fingerprint density at radius 2 is 1.10 bits per heavy atom. The molecule has 3 aromatic rings. The van der Waals surface area contributed by atoms with Gasteiger partial charge in [0.25, 0.3) is 0 Å². The molecule has 0 amide bonds. The monoisotopic (exact) mass is 399 g/mol. The van der Waals surface area contributed by atoms with Crippen LogP contribution in [0.4, 0.5) is 11.4 Å². The summed E-state index contributed by atoms with van der Waals surface area (Å²) >= 11 is 0. The van der Waals surface area contributed by atoms with Crippen molar-refractivity contribution in [2.75, 3.05) is 23.7 Å². The summed E-state index contributed by atoms with van der Waals surface area (Å²) in [7, 11) is 0. The number of hydrogen-bond acceptors (Lipinski definition) is 3. The largest absolute Gasteiger partial charge is 0.384 e. The second-order valence-electron chi connectivity index (χ2n) is 8.55. The Labute approximate surface area is 180 Å². The van der Waals surface area contributed by atoms with E-state index in [1.165, 1.54) is 63.2 Å². The lowest BCUT2D eigenvalue weighted by Gasteiger charge is -1.98. The van der Waals surface area contributed by atoms with Gasteiger partial charge in [0.1, 0.15) is 0 Å². The molecule has 0 atom stereocenters. The summed E-state index contributed by atoms with van der Waals surface area (Å²) in [4.78, 5) is 0. The Kier molecular flexibility index (Phi) is 6.39. The molecule has 156 valence electrons. The van der Waals surface area contributed by atoms with E-state index in [4.69, 9.17) is 0 Å². The van der Waals surface area contributed by atoms with Crippen molar-refractivity contribution in [2.45, 2.75) is 46.7 Å².